The van der Waals surface area contributed by atoms with Crippen molar-refractivity contribution < 1.29 is 22.3 Å². The molecule has 4 aromatic rings. The third-order valence-electron chi connectivity index (χ3n) is 5.50. The first kappa shape index (κ1) is 25.2. The first-order chi connectivity index (χ1) is 17.1. The van der Waals surface area contributed by atoms with E-state index in [1.54, 1.807) is 0 Å². The average molecular weight is 501 g/mol. The van der Waals surface area contributed by atoms with Gasteiger partial charge in [-0.1, -0.05) is 6.07 Å². The van der Waals surface area contributed by atoms with Gasteiger partial charge in [0.1, 0.15) is 29.2 Å². The summed E-state index contributed by atoms with van der Waals surface area (Å²) in [6.45, 7) is 4.30. The molecule has 4 rings (SSSR count). The molecule has 0 saturated carbocycles. The second-order valence-electron chi connectivity index (χ2n) is 8.69. The summed E-state index contributed by atoms with van der Waals surface area (Å²) in [6, 6.07) is 11.3. The molecule has 0 N–H and O–H groups in total. The van der Waals surface area contributed by atoms with Crippen molar-refractivity contribution in [3.63, 3.8) is 0 Å². The van der Waals surface area contributed by atoms with E-state index in [4.69, 9.17) is 4.42 Å². The zero-order chi connectivity index (χ0) is 25.9. The van der Waals surface area contributed by atoms with E-state index in [1.807, 2.05) is 57.1 Å². The lowest BCUT2D eigenvalue weighted by atomic mass is 10.2. The van der Waals surface area contributed by atoms with E-state index in [2.05, 4.69) is 29.6 Å². The number of aryl methyl sites for hydroxylation is 1. The minimum absolute atomic E-state index is 0.299. The first-order valence-electron chi connectivity index (χ1n) is 11.2. The van der Waals surface area contributed by atoms with E-state index in [9.17, 15) is 13.2 Å². The molecule has 0 aliphatic heterocycles. The highest BCUT2D eigenvalue weighted by atomic mass is 19.4. The number of halogens is 3. The van der Waals surface area contributed by atoms with Gasteiger partial charge in [-0.3, -0.25) is 4.68 Å². The minimum atomic E-state index is -4.74. The number of ether oxygens (including phenoxy) is 1. The molecule has 0 amide bonds. The van der Waals surface area contributed by atoms with Gasteiger partial charge in [0.25, 0.3) is 0 Å². The maximum atomic E-state index is 12.4. The van der Waals surface area contributed by atoms with E-state index < -0.39 is 6.36 Å². The third kappa shape index (κ3) is 6.42. The van der Waals surface area contributed by atoms with Crippen molar-refractivity contribution in [3.8, 4) is 28.6 Å². The zero-order valence-corrected chi connectivity index (χ0v) is 20.5. The van der Waals surface area contributed by atoms with Crippen LogP contribution in [0, 0.1) is 6.92 Å². The topological polar surface area (TPSA) is 72.5 Å². The summed E-state index contributed by atoms with van der Waals surface area (Å²) < 4.78 is 48.4. The molecule has 0 saturated heterocycles. The summed E-state index contributed by atoms with van der Waals surface area (Å²) in [4.78, 5) is 13.3. The highest BCUT2D eigenvalue weighted by molar-refractivity contribution is 5.62. The molecule has 3 aromatic heterocycles. The largest absolute Gasteiger partial charge is 0.573 e. The van der Waals surface area contributed by atoms with Crippen LogP contribution in [-0.2, 0) is 6.54 Å². The predicted molar refractivity (Wildman–Crippen MR) is 130 cm³/mol. The molecule has 0 fully saturated rings. The fourth-order valence-corrected chi connectivity index (χ4v) is 3.50. The summed E-state index contributed by atoms with van der Waals surface area (Å²) in [6.07, 6.45) is -1.45. The van der Waals surface area contributed by atoms with Crippen molar-refractivity contribution in [2.75, 3.05) is 39.1 Å². The maximum absolute atomic E-state index is 12.4. The SMILES string of the molecule is Cc1cc(-c2nc(-c3ccc(OC(F)(F)F)cc3)co2)nn1Cc1ccc(N(C)CCN(C)C)nc1. The molecule has 8 nitrogen and oxygen atoms in total. The smallest absolute Gasteiger partial charge is 0.443 e. The molecule has 0 radical (unpaired) electrons. The first-order valence-corrected chi connectivity index (χ1v) is 11.2. The molecule has 0 atom stereocenters. The van der Waals surface area contributed by atoms with Crippen LogP contribution >= 0.6 is 0 Å². The summed E-state index contributed by atoms with van der Waals surface area (Å²) in [5.74, 6) is 0.925. The molecule has 190 valence electrons. The molecule has 0 aliphatic carbocycles. The van der Waals surface area contributed by atoms with Gasteiger partial charge < -0.3 is 19.0 Å². The van der Waals surface area contributed by atoms with Gasteiger partial charge in [0, 0.05) is 37.6 Å². The van der Waals surface area contributed by atoms with Gasteiger partial charge in [-0.15, -0.1) is 13.2 Å². The monoisotopic (exact) mass is 500 g/mol. The summed E-state index contributed by atoms with van der Waals surface area (Å²) >= 11 is 0. The van der Waals surface area contributed by atoms with E-state index in [0.717, 1.165) is 30.2 Å². The van der Waals surface area contributed by atoms with Crippen LogP contribution in [0.2, 0.25) is 0 Å². The van der Waals surface area contributed by atoms with Gasteiger partial charge in [-0.05, 0) is 63.0 Å². The number of benzene rings is 1. The normalized spacial score (nSPS) is 11.8. The summed E-state index contributed by atoms with van der Waals surface area (Å²) in [7, 11) is 6.10. The minimum Gasteiger partial charge on any atom is -0.443 e. The van der Waals surface area contributed by atoms with E-state index in [0.29, 0.717) is 29.4 Å². The van der Waals surface area contributed by atoms with Crippen LogP contribution < -0.4 is 9.64 Å². The molecule has 3 heterocycles. The number of likely N-dealkylation sites (N-methyl/N-ethyl adjacent to an activating group) is 2. The molecule has 36 heavy (non-hydrogen) atoms. The molecule has 0 bridgehead atoms. The number of hydrogen-bond acceptors (Lipinski definition) is 7. The Morgan fingerprint density at radius 2 is 1.75 bits per heavy atom. The van der Waals surface area contributed by atoms with Gasteiger partial charge in [-0.2, -0.15) is 5.10 Å². The van der Waals surface area contributed by atoms with Crippen molar-refractivity contribution in [3.05, 3.63) is 66.2 Å². The Hall–Kier alpha value is -3.86. The van der Waals surface area contributed by atoms with Crippen molar-refractivity contribution in [1.29, 1.82) is 0 Å². The van der Waals surface area contributed by atoms with Crippen molar-refractivity contribution >= 4 is 5.82 Å². The number of alkyl halides is 3. The van der Waals surface area contributed by atoms with Crippen molar-refractivity contribution in [2.45, 2.75) is 19.8 Å². The number of pyridine rings is 1. The average Bonchev–Trinajstić information content (AvgIpc) is 3.45. The van der Waals surface area contributed by atoms with Crippen LogP contribution in [0.25, 0.3) is 22.8 Å². The number of anilines is 1. The Kier molecular flexibility index (Phi) is 7.30. The lowest BCUT2D eigenvalue weighted by molar-refractivity contribution is -0.274. The van der Waals surface area contributed by atoms with Gasteiger partial charge in [0.05, 0.1) is 6.54 Å². The fourth-order valence-electron chi connectivity index (χ4n) is 3.50. The van der Waals surface area contributed by atoms with Crippen LogP contribution in [0.4, 0.5) is 19.0 Å². The lowest BCUT2D eigenvalue weighted by Crippen LogP contribution is -2.28. The quantitative estimate of drug-likeness (QED) is 0.325. The number of nitrogens with zero attached hydrogens (tertiary/aromatic N) is 6. The summed E-state index contributed by atoms with van der Waals surface area (Å²) in [5, 5.41) is 4.61. The molecule has 0 spiro atoms. The fraction of sp³-hybridized carbons (Fsp3) is 0.320. The Morgan fingerprint density at radius 3 is 2.39 bits per heavy atom. The lowest BCUT2D eigenvalue weighted by Gasteiger charge is -2.20. The number of hydrogen-bond donors (Lipinski definition) is 0. The van der Waals surface area contributed by atoms with Crippen LogP contribution in [0.15, 0.2) is 59.3 Å². The van der Waals surface area contributed by atoms with Crippen molar-refractivity contribution in [2.24, 2.45) is 0 Å². The molecule has 11 heteroatoms. The molecule has 1 aromatic carbocycles. The predicted octanol–water partition coefficient (Wildman–Crippen LogP) is 4.85. The van der Waals surface area contributed by atoms with Crippen LogP contribution in [0.5, 0.6) is 5.75 Å². The number of rotatable bonds is 9. The van der Waals surface area contributed by atoms with E-state index in [-0.39, 0.29) is 5.75 Å². The molecular formula is C25H27F3N6O2. The van der Waals surface area contributed by atoms with Crippen LogP contribution in [-0.4, -0.2) is 65.2 Å². The molecular weight excluding hydrogens is 473 g/mol. The third-order valence-corrected chi connectivity index (χ3v) is 5.50. The maximum Gasteiger partial charge on any atom is 0.573 e. The van der Waals surface area contributed by atoms with E-state index >= 15 is 0 Å². The zero-order valence-electron chi connectivity index (χ0n) is 20.5. The summed E-state index contributed by atoms with van der Waals surface area (Å²) in [5.41, 5.74) is 3.56. The van der Waals surface area contributed by atoms with Gasteiger partial charge in [0.15, 0.2) is 0 Å². The number of aromatic nitrogens is 4. The Labute approximate surface area is 206 Å². The standard InChI is InChI=1S/C25H27F3N6O2/c1-17-13-21(24-30-22(16-35-24)19-6-8-20(9-7-19)36-25(26,27)28)31-34(17)15-18-5-10-23(29-14-18)33(4)12-11-32(2)3/h5-10,13-14,16H,11-12,15H2,1-4H3. The molecule has 0 aliphatic rings. The van der Waals surface area contributed by atoms with E-state index in [1.165, 1.54) is 30.5 Å². The molecule has 0 unspecified atom stereocenters. The Bertz CT molecular complexity index is 1280. The van der Waals surface area contributed by atoms with Gasteiger partial charge >= 0.3 is 6.36 Å². The van der Waals surface area contributed by atoms with Gasteiger partial charge in [-0.25, -0.2) is 9.97 Å². The second kappa shape index (κ2) is 10.4. The highest BCUT2D eigenvalue weighted by Crippen LogP contribution is 2.28. The van der Waals surface area contributed by atoms with Crippen molar-refractivity contribution in [1.82, 2.24) is 24.6 Å². The Morgan fingerprint density at radius 1 is 1.00 bits per heavy atom. The van der Waals surface area contributed by atoms with Gasteiger partial charge in [0.2, 0.25) is 5.89 Å². The van der Waals surface area contributed by atoms with Crippen LogP contribution in [0.3, 0.4) is 0 Å². The van der Waals surface area contributed by atoms with Crippen LogP contribution in [0.1, 0.15) is 11.3 Å². The number of oxazole rings is 1. The Balaban J connectivity index is 1.43. The highest BCUT2D eigenvalue weighted by Gasteiger charge is 2.31. The second-order valence-corrected chi connectivity index (χ2v) is 8.69.